The number of likely N-dealkylation sites (tertiary alicyclic amines) is 1. The molecule has 1 aliphatic heterocycles. The lowest BCUT2D eigenvalue weighted by molar-refractivity contribution is -0.121. The van der Waals surface area contributed by atoms with Gasteiger partial charge in [0.1, 0.15) is 0 Å². The molecule has 1 amide bonds. The number of aromatic amines is 1. The van der Waals surface area contributed by atoms with Crippen molar-refractivity contribution in [1.82, 2.24) is 15.1 Å². The third kappa shape index (κ3) is 4.73. The number of fused-ring (bicyclic) bond motifs is 1. The lowest BCUT2D eigenvalue weighted by atomic mass is 9.95. The molecule has 0 unspecified atom stereocenters. The summed E-state index contributed by atoms with van der Waals surface area (Å²) in [6.07, 6.45) is 4.15. The van der Waals surface area contributed by atoms with E-state index in [-0.39, 0.29) is 11.8 Å². The molecule has 31 heavy (non-hydrogen) atoms. The summed E-state index contributed by atoms with van der Waals surface area (Å²) >= 11 is 6.38. The number of piperidine rings is 1. The fourth-order valence-corrected chi connectivity index (χ4v) is 4.34. The maximum Gasteiger partial charge on any atom is 0.228 e. The van der Waals surface area contributed by atoms with Gasteiger partial charge in [-0.3, -0.25) is 9.89 Å². The Labute approximate surface area is 187 Å². The van der Waals surface area contributed by atoms with Crippen LogP contribution < -0.4 is 5.32 Å². The van der Waals surface area contributed by atoms with Gasteiger partial charge < -0.3 is 10.2 Å². The van der Waals surface area contributed by atoms with Gasteiger partial charge in [-0.15, -0.1) is 0 Å². The molecule has 0 aliphatic carbocycles. The topological polar surface area (TPSA) is 84.8 Å². The molecule has 1 aliphatic rings. The van der Waals surface area contributed by atoms with Crippen LogP contribution in [-0.4, -0.2) is 40.6 Å². The summed E-state index contributed by atoms with van der Waals surface area (Å²) in [4.78, 5) is 15.3. The van der Waals surface area contributed by atoms with Gasteiger partial charge in [-0.1, -0.05) is 31.0 Å². The summed E-state index contributed by atoms with van der Waals surface area (Å²) in [6.45, 7) is 5.26. The number of nitrogens with zero attached hydrogens (tertiary/aromatic N) is 3. The minimum absolute atomic E-state index is 0.00886. The van der Waals surface area contributed by atoms with Crippen molar-refractivity contribution in [3.8, 4) is 17.2 Å². The fourth-order valence-electron chi connectivity index (χ4n) is 4.11. The zero-order valence-corrected chi connectivity index (χ0v) is 18.4. The van der Waals surface area contributed by atoms with Crippen LogP contribution in [0.4, 0.5) is 5.82 Å². The largest absolute Gasteiger partial charge is 0.308 e. The maximum atomic E-state index is 12.9. The van der Waals surface area contributed by atoms with Crippen molar-refractivity contribution < 1.29 is 4.79 Å². The Morgan fingerprint density at radius 2 is 2.10 bits per heavy atom. The van der Waals surface area contributed by atoms with Crippen molar-refractivity contribution in [2.24, 2.45) is 5.92 Å². The molecule has 2 N–H and O–H groups in total. The molecule has 1 fully saturated rings. The number of nitrogens with one attached hydrogen (secondary N) is 2. The summed E-state index contributed by atoms with van der Waals surface area (Å²) in [5, 5.41) is 20.9. The second-order valence-electron chi connectivity index (χ2n) is 8.10. The smallest absolute Gasteiger partial charge is 0.228 e. The average Bonchev–Trinajstić information content (AvgIpc) is 3.20. The van der Waals surface area contributed by atoms with Crippen LogP contribution in [0.5, 0.6) is 0 Å². The van der Waals surface area contributed by atoms with Gasteiger partial charge in [0, 0.05) is 21.9 Å². The van der Waals surface area contributed by atoms with Gasteiger partial charge in [0.05, 0.1) is 17.1 Å². The number of amides is 1. The fraction of sp³-hybridized carbons (Fsp3) is 0.375. The second kappa shape index (κ2) is 9.51. The van der Waals surface area contributed by atoms with Gasteiger partial charge in [-0.25, -0.2) is 0 Å². The SMILES string of the molecule is CCCCN1CCC(C(=O)Nc2n[nH]c3ccc(-c4cc(C#N)ccc4Cl)cc23)CC1. The quantitative estimate of drug-likeness (QED) is 0.556. The standard InChI is InChI=1S/C24H26ClN5O/c1-2-3-10-30-11-8-17(9-12-30)24(31)27-23-20-14-18(5-7-22(20)28-29-23)19-13-16(15-26)4-6-21(19)25/h4-7,13-14,17H,2-3,8-12H2,1H3,(H2,27,28,29,31). The number of unbranched alkanes of at least 4 members (excludes halogenated alkanes) is 1. The molecular weight excluding hydrogens is 410 g/mol. The van der Waals surface area contributed by atoms with E-state index in [4.69, 9.17) is 11.6 Å². The molecule has 3 aromatic rings. The first-order valence-corrected chi connectivity index (χ1v) is 11.2. The van der Waals surface area contributed by atoms with E-state index >= 15 is 0 Å². The number of anilines is 1. The van der Waals surface area contributed by atoms with Crippen LogP contribution >= 0.6 is 11.6 Å². The first-order valence-electron chi connectivity index (χ1n) is 10.8. The molecule has 0 saturated carbocycles. The molecule has 0 radical (unpaired) electrons. The van der Waals surface area contributed by atoms with E-state index in [1.165, 1.54) is 12.8 Å². The van der Waals surface area contributed by atoms with Crippen molar-refractivity contribution in [3.63, 3.8) is 0 Å². The normalized spacial score (nSPS) is 15.1. The van der Waals surface area contributed by atoms with E-state index in [1.54, 1.807) is 18.2 Å². The molecule has 6 nitrogen and oxygen atoms in total. The predicted octanol–water partition coefficient (Wildman–Crippen LogP) is 5.21. The van der Waals surface area contributed by atoms with Crippen LogP contribution in [-0.2, 0) is 4.79 Å². The van der Waals surface area contributed by atoms with Crippen molar-refractivity contribution in [2.75, 3.05) is 25.0 Å². The Balaban J connectivity index is 1.51. The third-order valence-electron chi connectivity index (χ3n) is 6.00. The van der Waals surface area contributed by atoms with Crippen LogP contribution in [0, 0.1) is 17.2 Å². The highest BCUT2D eigenvalue weighted by Gasteiger charge is 2.25. The van der Waals surface area contributed by atoms with Crippen LogP contribution in [0.3, 0.4) is 0 Å². The Morgan fingerprint density at radius 1 is 1.29 bits per heavy atom. The number of H-pyrrole nitrogens is 1. The van der Waals surface area contributed by atoms with Crippen LogP contribution in [0.15, 0.2) is 36.4 Å². The molecule has 2 aromatic carbocycles. The van der Waals surface area contributed by atoms with Crippen molar-refractivity contribution >= 4 is 34.2 Å². The van der Waals surface area contributed by atoms with E-state index < -0.39 is 0 Å². The van der Waals surface area contributed by atoms with E-state index in [9.17, 15) is 10.1 Å². The minimum Gasteiger partial charge on any atom is -0.308 e. The first kappa shape index (κ1) is 21.4. The molecular formula is C24H26ClN5O. The Bertz CT molecular complexity index is 1120. The number of carbonyl (C=O) groups excluding carboxylic acids is 1. The highest BCUT2D eigenvalue weighted by atomic mass is 35.5. The number of aromatic nitrogens is 2. The summed E-state index contributed by atoms with van der Waals surface area (Å²) in [5.41, 5.74) is 3.03. The molecule has 2 heterocycles. The van der Waals surface area contributed by atoms with Gasteiger partial charge in [0.25, 0.3) is 0 Å². The number of nitriles is 1. The minimum atomic E-state index is 0.00886. The van der Waals surface area contributed by atoms with Crippen molar-refractivity contribution in [1.29, 1.82) is 5.26 Å². The maximum absolute atomic E-state index is 12.9. The lowest BCUT2D eigenvalue weighted by Crippen LogP contribution is -2.38. The lowest BCUT2D eigenvalue weighted by Gasteiger charge is -2.31. The van der Waals surface area contributed by atoms with E-state index in [1.807, 2.05) is 18.2 Å². The number of carbonyl (C=O) groups is 1. The summed E-state index contributed by atoms with van der Waals surface area (Å²) < 4.78 is 0. The first-order chi connectivity index (χ1) is 15.1. The highest BCUT2D eigenvalue weighted by Crippen LogP contribution is 2.33. The number of hydrogen-bond donors (Lipinski definition) is 2. The third-order valence-corrected chi connectivity index (χ3v) is 6.33. The van der Waals surface area contributed by atoms with Gasteiger partial charge in [-0.05, 0) is 74.8 Å². The molecule has 1 aromatic heterocycles. The van der Waals surface area contributed by atoms with Crippen LogP contribution in [0.2, 0.25) is 5.02 Å². The molecule has 0 atom stereocenters. The number of rotatable bonds is 6. The second-order valence-corrected chi connectivity index (χ2v) is 8.50. The summed E-state index contributed by atoms with van der Waals surface area (Å²) in [5.74, 6) is 0.566. The zero-order valence-electron chi connectivity index (χ0n) is 17.6. The summed E-state index contributed by atoms with van der Waals surface area (Å²) in [7, 11) is 0. The molecule has 160 valence electrons. The molecule has 0 bridgehead atoms. The molecule has 4 rings (SSSR count). The van der Waals surface area contributed by atoms with E-state index in [2.05, 4.69) is 33.4 Å². The van der Waals surface area contributed by atoms with E-state index in [0.29, 0.717) is 16.4 Å². The summed E-state index contributed by atoms with van der Waals surface area (Å²) in [6, 6.07) is 13.1. The van der Waals surface area contributed by atoms with Crippen molar-refractivity contribution in [3.05, 3.63) is 47.0 Å². The van der Waals surface area contributed by atoms with E-state index in [0.717, 1.165) is 54.5 Å². The Kier molecular flexibility index (Phi) is 6.55. The van der Waals surface area contributed by atoms with Crippen molar-refractivity contribution in [2.45, 2.75) is 32.6 Å². The van der Waals surface area contributed by atoms with Gasteiger partial charge in [0.15, 0.2) is 5.82 Å². The Hall–Kier alpha value is -2.88. The van der Waals surface area contributed by atoms with Crippen LogP contribution in [0.25, 0.3) is 22.0 Å². The zero-order chi connectivity index (χ0) is 21.8. The number of halogens is 1. The molecule has 1 saturated heterocycles. The highest BCUT2D eigenvalue weighted by molar-refractivity contribution is 6.33. The number of benzene rings is 2. The number of hydrogen-bond acceptors (Lipinski definition) is 4. The average molecular weight is 436 g/mol. The van der Waals surface area contributed by atoms with Gasteiger partial charge >= 0.3 is 0 Å². The monoisotopic (exact) mass is 435 g/mol. The van der Waals surface area contributed by atoms with Gasteiger partial charge in [0.2, 0.25) is 5.91 Å². The molecule has 0 spiro atoms. The predicted molar refractivity (Wildman–Crippen MR) is 124 cm³/mol. The van der Waals surface area contributed by atoms with Gasteiger partial charge in [-0.2, -0.15) is 10.4 Å². The Morgan fingerprint density at radius 3 is 2.84 bits per heavy atom. The van der Waals surface area contributed by atoms with Crippen LogP contribution in [0.1, 0.15) is 38.2 Å². The molecule has 7 heteroatoms.